The van der Waals surface area contributed by atoms with Gasteiger partial charge in [-0.25, -0.2) is 9.50 Å². The molecule has 2 heterocycles. The van der Waals surface area contributed by atoms with Crippen LogP contribution in [-0.4, -0.2) is 25.4 Å². The van der Waals surface area contributed by atoms with Gasteiger partial charge in [0.25, 0.3) is 11.6 Å². The van der Waals surface area contributed by atoms with Crippen LogP contribution in [0.4, 0.5) is 11.4 Å². The summed E-state index contributed by atoms with van der Waals surface area (Å²) in [6.07, 6.45) is 3.26. The molecule has 2 aromatic carbocycles. The third kappa shape index (κ3) is 4.09. The van der Waals surface area contributed by atoms with Gasteiger partial charge in [0.1, 0.15) is 11.5 Å². The van der Waals surface area contributed by atoms with Crippen molar-refractivity contribution in [1.29, 1.82) is 0 Å². The standard InChI is InChI=1S/C21H17N5O4/c1-13-6-14(2)8-17(7-13)30-18-10-15(9-16(11-18)26(28)29)23-21(27)19-12-20-22-4-3-5-25(20)24-19/h3-12H,1-2H3,(H,23,27). The molecule has 0 saturated carbocycles. The van der Waals surface area contributed by atoms with Gasteiger partial charge in [0.05, 0.1) is 16.7 Å². The molecule has 1 amide bonds. The first-order chi connectivity index (χ1) is 14.4. The van der Waals surface area contributed by atoms with Gasteiger partial charge in [0.2, 0.25) is 0 Å². The average Bonchev–Trinajstić information content (AvgIpc) is 3.11. The number of aryl methyl sites for hydroxylation is 2. The summed E-state index contributed by atoms with van der Waals surface area (Å²) < 4.78 is 7.29. The number of ether oxygens (including phenoxy) is 1. The van der Waals surface area contributed by atoms with E-state index in [4.69, 9.17) is 4.74 Å². The highest BCUT2D eigenvalue weighted by molar-refractivity contribution is 6.03. The molecule has 0 radical (unpaired) electrons. The number of amides is 1. The number of nitrogens with one attached hydrogen (secondary N) is 1. The van der Waals surface area contributed by atoms with Crippen molar-refractivity contribution in [2.24, 2.45) is 0 Å². The summed E-state index contributed by atoms with van der Waals surface area (Å²) in [5.74, 6) is 0.274. The van der Waals surface area contributed by atoms with E-state index >= 15 is 0 Å². The van der Waals surface area contributed by atoms with Gasteiger partial charge in [-0.15, -0.1) is 0 Å². The number of anilines is 1. The molecule has 9 nitrogen and oxygen atoms in total. The van der Waals surface area contributed by atoms with Gasteiger partial charge >= 0.3 is 0 Å². The summed E-state index contributed by atoms with van der Waals surface area (Å²) in [5.41, 5.74) is 2.67. The maximum Gasteiger partial charge on any atom is 0.276 e. The molecule has 0 bridgehead atoms. The minimum Gasteiger partial charge on any atom is -0.457 e. The van der Waals surface area contributed by atoms with Crippen molar-refractivity contribution < 1.29 is 14.5 Å². The lowest BCUT2D eigenvalue weighted by Gasteiger charge is -2.10. The molecule has 0 aliphatic carbocycles. The van der Waals surface area contributed by atoms with Gasteiger partial charge in [-0.2, -0.15) is 5.10 Å². The number of hydrogen-bond donors (Lipinski definition) is 1. The fourth-order valence-corrected chi connectivity index (χ4v) is 3.08. The Morgan fingerprint density at radius 1 is 1.07 bits per heavy atom. The highest BCUT2D eigenvalue weighted by Gasteiger charge is 2.16. The van der Waals surface area contributed by atoms with Crippen molar-refractivity contribution in [3.05, 3.63) is 87.9 Å². The molecule has 0 atom stereocenters. The number of nitrogens with zero attached hydrogens (tertiary/aromatic N) is 4. The summed E-state index contributed by atoms with van der Waals surface area (Å²) in [7, 11) is 0. The van der Waals surface area contributed by atoms with Crippen LogP contribution in [0, 0.1) is 24.0 Å². The molecule has 0 spiro atoms. The molecule has 0 aliphatic heterocycles. The molecule has 150 valence electrons. The summed E-state index contributed by atoms with van der Waals surface area (Å²) in [4.78, 5) is 27.5. The van der Waals surface area contributed by atoms with E-state index in [1.54, 1.807) is 18.5 Å². The number of benzene rings is 2. The second kappa shape index (κ2) is 7.63. The van der Waals surface area contributed by atoms with Crippen LogP contribution in [-0.2, 0) is 0 Å². The minimum absolute atomic E-state index is 0.136. The molecule has 0 unspecified atom stereocenters. The molecular weight excluding hydrogens is 386 g/mol. The molecule has 2 aromatic heterocycles. The smallest absolute Gasteiger partial charge is 0.276 e. The summed E-state index contributed by atoms with van der Waals surface area (Å²) >= 11 is 0. The summed E-state index contributed by atoms with van der Waals surface area (Å²) in [5, 5.41) is 18.1. The summed E-state index contributed by atoms with van der Waals surface area (Å²) in [6.45, 7) is 3.87. The van der Waals surface area contributed by atoms with E-state index in [0.29, 0.717) is 11.4 Å². The van der Waals surface area contributed by atoms with Gasteiger partial charge in [-0.05, 0) is 43.2 Å². The Morgan fingerprint density at radius 3 is 2.50 bits per heavy atom. The van der Waals surface area contributed by atoms with E-state index in [-0.39, 0.29) is 22.8 Å². The first-order valence-electron chi connectivity index (χ1n) is 9.05. The van der Waals surface area contributed by atoms with Crippen molar-refractivity contribution in [3.8, 4) is 11.5 Å². The van der Waals surface area contributed by atoms with Crippen LogP contribution in [0.2, 0.25) is 0 Å². The number of carbonyl (C=O) groups is 1. The molecule has 9 heteroatoms. The topological polar surface area (TPSA) is 112 Å². The highest BCUT2D eigenvalue weighted by Crippen LogP contribution is 2.30. The van der Waals surface area contributed by atoms with Crippen LogP contribution in [0.3, 0.4) is 0 Å². The van der Waals surface area contributed by atoms with E-state index < -0.39 is 10.8 Å². The Hall–Kier alpha value is -4.27. The van der Waals surface area contributed by atoms with Crippen LogP contribution >= 0.6 is 0 Å². The van der Waals surface area contributed by atoms with Crippen LogP contribution in [0.1, 0.15) is 21.6 Å². The lowest BCUT2D eigenvalue weighted by molar-refractivity contribution is -0.384. The van der Waals surface area contributed by atoms with Gasteiger partial charge in [-0.1, -0.05) is 6.07 Å². The predicted octanol–water partition coefficient (Wildman–Crippen LogP) is 4.30. The Bertz CT molecular complexity index is 1230. The number of fused-ring (bicyclic) bond motifs is 1. The molecule has 0 saturated heterocycles. The number of nitro benzene ring substituents is 1. The normalized spacial score (nSPS) is 10.7. The molecule has 0 aliphatic rings. The van der Waals surface area contributed by atoms with Gasteiger partial charge in [-0.3, -0.25) is 14.9 Å². The van der Waals surface area contributed by atoms with E-state index in [1.807, 2.05) is 32.0 Å². The van der Waals surface area contributed by atoms with Crippen molar-refractivity contribution in [2.75, 3.05) is 5.32 Å². The Morgan fingerprint density at radius 2 is 1.80 bits per heavy atom. The Labute approximate surface area is 171 Å². The quantitative estimate of drug-likeness (QED) is 0.393. The number of hydrogen-bond acceptors (Lipinski definition) is 6. The fraction of sp³-hybridized carbons (Fsp3) is 0.0952. The number of rotatable bonds is 5. The number of aromatic nitrogens is 3. The molecular formula is C21H17N5O4. The summed E-state index contributed by atoms with van der Waals surface area (Å²) in [6, 6.07) is 13.0. The minimum atomic E-state index is -0.543. The zero-order valence-corrected chi connectivity index (χ0v) is 16.2. The predicted molar refractivity (Wildman–Crippen MR) is 110 cm³/mol. The van der Waals surface area contributed by atoms with E-state index in [1.165, 1.54) is 28.8 Å². The zero-order valence-electron chi connectivity index (χ0n) is 16.2. The van der Waals surface area contributed by atoms with Crippen molar-refractivity contribution in [3.63, 3.8) is 0 Å². The molecule has 4 rings (SSSR count). The van der Waals surface area contributed by atoms with E-state index in [9.17, 15) is 14.9 Å². The second-order valence-electron chi connectivity index (χ2n) is 6.80. The van der Waals surface area contributed by atoms with Crippen LogP contribution in [0.5, 0.6) is 11.5 Å². The van der Waals surface area contributed by atoms with E-state index in [2.05, 4.69) is 15.4 Å². The molecule has 30 heavy (non-hydrogen) atoms. The SMILES string of the molecule is Cc1cc(C)cc(Oc2cc(NC(=O)c3cc4ncccn4n3)cc([N+](=O)[O-])c2)c1. The van der Waals surface area contributed by atoms with Crippen molar-refractivity contribution in [1.82, 2.24) is 14.6 Å². The molecule has 4 aromatic rings. The van der Waals surface area contributed by atoms with Gasteiger partial charge in [0, 0.05) is 30.6 Å². The average molecular weight is 403 g/mol. The third-order valence-electron chi connectivity index (χ3n) is 4.26. The largest absolute Gasteiger partial charge is 0.457 e. The lowest BCUT2D eigenvalue weighted by atomic mass is 10.1. The maximum atomic E-state index is 12.6. The highest BCUT2D eigenvalue weighted by atomic mass is 16.6. The van der Waals surface area contributed by atoms with Crippen molar-refractivity contribution >= 4 is 22.9 Å². The second-order valence-corrected chi connectivity index (χ2v) is 6.80. The number of carbonyl (C=O) groups excluding carboxylic acids is 1. The Balaban J connectivity index is 1.63. The van der Waals surface area contributed by atoms with Crippen LogP contribution in [0.15, 0.2) is 60.9 Å². The van der Waals surface area contributed by atoms with Crippen LogP contribution in [0.25, 0.3) is 5.65 Å². The maximum absolute atomic E-state index is 12.6. The zero-order chi connectivity index (χ0) is 21.3. The van der Waals surface area contributed by atoms with Gasteiger partial charge < -0.3 is 10.1 Å². The van der Waals surface area contributed by atoms with Crippen molar-refractivity contribution in [2.45, 2.75) is 13.8 Å². The molecule has 1 N–H and O–H groups in total. The van der Waals surface area contributed by atoms with Crippen LogP contribution < -0.4 is 10.1 Å². The van der Waals surface area contributed by atoms with Gasteiger partial charge in [0.15, 0.2) is 11.3 Å². The number of nitro groups is 1. The number of non-ortho nitro benzene ring substituents is 1. The first kappa shape index (κ1) is 19.1. The van der Waals surface area contributed by atoms with E-state index in [0.717, 1.165) is 11.1 Å². The lowest BCUT2D eigenvalue weighted by Crippen LogP contribution is -2.13. The third-order valence-corrected chi connectivity index (χ3v) is 4.26. The Kier molecular flexibility index (Phi) is 4.85. The monoisotopic (exact) mass is 403 g/mol. The molecule has 0 fully saturated rings. The fourth-order valence-electron chi connectivity index (χ4n) is 3.08. The first-order valence-corrected chi connectivity index (χ1v) is 9.05.